The van der Waals surface area contributed by atoms with Gasteiger partial charge in [0.2, 0.25) is 0 Å². The van der Waals surface area contributed by atoms with Crippen LogP contribution in [0.25, 0.3) is 0 Å². The number of ether oxygens (including phenoxy) is 1. The van der Waals surface area contributed by atoms with Crippen molar-refractivity contribution in [2.24, 2.45) is 0 Å². The number of quaternary nitrogens is 1. The van der Waals surface area contributed by atoms with Crippen molar-refractivity contribution in [1.82, 2.24) is 0 Å². The fourth-order valence-electron chi connectivity index (χ4n) is 2.03. The molecule has 0 fully saturated rings. The van der Waals surface area contributed by atoms with Crippen LogP contribution in [0.1, 0.15) is 45.4 Å². The van der Waals surface area contributed by atoms with Crippen molar-refractivity contribution in [2.75, 3.05) is 19.7 Å². The standard InChI is InChI=1S/C16H25Cl2NO/c1-2-3-11-19-12-6-4-5-7-13-20-16-14(17)9-8-10-15(16)18/h8-10,19H,2-7,11-13H2,1H3/p+1. The molecule has 0 radical (unpaired) electrons. The Morgan fingerprint density at radius 2 is 1.60 bits per heavy atom. The van der Waals surface area contributed by atoms with Crippen LogP contribution in [0.4, 0.5) is 0 Å². The second-order valence-electron chi connectivity index (χ2n) is 5.03. The largest absolute Gasteiger partial charge is 0.490 e. The van der Waals surface area contributed by atoms with Gasteiger partial charge in [0.25, 0.3) is 0 Å². The Kier molecular flexibility index (Phi) is 9.90. The molecule has 4 heteroatoms. The van der Waals surface area contributed by atoms with Gasteiger partial charge in [-0.15, -0.1) is 0 Å². The van der Waals surface area contributed by atoms with Gasteiger partial charge in [0, 0.05) is 0 Å². The van der Waals surface area contributed by atoms with Crippen LogP contribution in [0, 0.1) is 0 Å². The maximum atomic E-state index is 6.04. The minimum absolute atomic E-state index is 0.586. The number of benzene rings is 1. The van der Waals surface area contributed by atoms with Gasteiger partial charge in [0.1, 0.15) is 0 Å². The maximum Gasteiger partial charge on any atom is 0.156 e. The second kappa shape index (κ2) is 11.2. The van der Waals surface area contributed by atoms with Gasteiger partial charge >= 0.3 is 0 Å². The highest BCUT2D eigenvalue weighted by Gasteiger charge is 2.05. The highest BCUT2D eigenvalue weighted by Crippen LogP contribution is 2.32. The van der Waals surface area contributed by atoms with Crippen molar-refractivity contribution in [2.45, 2.75) is 45.4 Å². The molecular weight excluding hydrogens is 293 g/mol. The lowest BCUT2D eigenvalue weighted by atomic mass is 10.2. The van der Waals surface area contributed by atoms with Gasteiger partial charge in [-0.05, 0) is 44.2 Å². The monoisotopic (exact) mass is 318 g/mol. The number of rotatable bonds is 11. The molecule has 1 aromatic carbocycles. The van der Waals surface area contributed by atoms with Crippen LogP contribution in [0.15, 0.2) is 18.2 Å². The van der Waals surface area contributed by atoms with Crippen molar-refractivity contribution in [1.29, 1.82) is 0 Å². The van der Waals surface area contributed by atoms with Crippen molar-refractivity contribution in [3.63, 3.8) is 0 Å². The minimum atomic E-state index is 0.586. The van der Waals surface area contributed by atoms with Crippen molar-refractivity contribution in [3.8, 4) is 5.75 Å². The lowest BCUT2D eigenvalue weighted by molar-refractivity contribution is -0.655. The van der Waals surface area contributed by atoms with Gasteiger partial charge in [-0.1, -0.05) is 42.6 Å². The summed E-state index contributed by atoms with van der Waals surface area (Å²) >= 11 is 12.1. The van der Waals surface area contributed by atoms with E-state index >= 15 is 0 Å². The van der Waals surface area contributed by atoms with Crippen molar-refractivity contribution in [3.05, 3.63) is 28.2 Å². The van der Waals surface area contributed by atoms with Gasteiger partial charge in [-0.25, -0.2) is 0 Å². The summed E-state index contributed by atoms with van der Waals surface area (Å²) in [6, 6.07) is 5.43. The number of hydrogen-bond donors (Lipinski definition) is 1. The smallest absolute Gasteiger partial charge is 0.156 e. The normalized spacial score (nSPS) is 10.8. The summed E-state index contributed by atoms with van der Waals surface area (Å²) in [7, 11) is 0. The third-order valence-electron chi connectivity index (χ3n) is 3.23. The molecule has 0 amide bonds. The molecule has 0 aliphatic rings. The number of nitrogens with two attached hydrogens (primary N) is 1. The molecule has 2 N–H and O–H groups in total. The molecular formula is C16H26Cl2NO+. The highest BCUT2D eigenvalue weighted by atomic mass is 35.5. The van der Waals surface area contributed by atoms with Crippen LogP contribution in [0.2, 0.25) is 10.0 Å². The van der Waals surface area contributed by atoms with E-state index in [2.05, 4.69) is 12.2 Å². The van der Waals surface area contributed by atoms with E-state index in [4.69, 9.17) is 27.9 Å². The van der Waals surface area contributed by atoms with Crippen LogP contribution in [0.3, 0.4) is 0 Å². The number of hydrogen-bond acceptors (Lipinski definition) is 1. The van der Waals surface area contributed by atoms with Gasteiger partial charge in [-0.2, -0.15) is 0 Å². The van der Waals surface area contributed by atoms with E-state index in [1.165, 1.54) is 45.2 Å². The zero-order valence-electron chi connectivity index (χ0n) is 12.3. The van der Waals surface area contributed by atoms with E-state index in [-0.39, 0.29) is 0 Å². The molecule has 2 nitrogen and oxygen atoms in total. The van der Waals surface area contributed by atoms with Gasteiger partial charge < -0.3 is 10.1 Å². The van der Waals surface area contributed by atoms with E-state index in [1.54, 1.807) is 12.1 Å². The Morgan fingerprint density at radius 3 is 2.30 bits per heavy atom. The molecule has 0 bridgehead atoms. The first-order valence-electron chi connectivity index (χ1n) is 7.64. The van der Waals surface area contributed by atoms with E-state index in [0.29, 0.717) is 22.4 Å². The Labute approximate surface area is 132 Å². The maximum absolute atomic E-state index is 6.04. The molecule has 20 heavy (non-hydrogen) atoms. The molecule has 1 aromatic rings. The molecule has 0 aromatic heterocycles. The number of unbranched alkanes of at least 4 members (excludes halogenated alkanes) is 4. The first-order valence-corrected chi connectivity index (χ1v) is 8.39. The topological polar surface area (TPSA) is 25.8 Å². The third-order valence-corrected chi connectivity index (χ3v) is 3.82. The highest BCUT2D eigenvalue weighted by molar-refractivity contribution is 6.37. The average molecular weight is 319 g/mol. The molecule has 0 atom stereocenters. The van der Waals surface area contributed by atoms with E-state index in [0.717, 1.165) is 6.42 Å². The summed E-state index contributed by atoms with van der Waals surface area (Å²) in [5, 5.41) is 3.59. The van der Waals surface area contributed by atoms with Crippen LogP contribution in [-0.2, 0) is 0 Å². The van der Waals surface area contributed by atoms with Crippen LogP contribution in [-0.4, -0.2) is 19.7 Å². The van der Waals surface area contributed by atoms with Gasteiger partial charge in [0.05, 0.1) is 29.7 Å². The molecule has 114 valence electrons. The quantitative estimate of drug-likeness (QED) is 0.605. The molecule has 0 saturated heterocycles. The fourth-order valence-corrected chi connectivity index (χ4v) is 2.54. The second-order valence-corrected chi connectivity index (χ2v) is 5.85. The molecule has 0 aliphatic heterocycles. The Balaban J connectivity index is 2.00. The van der Waals surface area contributed by atoms with E-state index < -0.39 is 0 Å². The summed E-state index contributed by atoms with van der Waals surface area (Å²) in [5.74, 6) is 0.615. The zero-order chi connectivity index (χ0) is 14.6. The lowest BCUT2D eigenvalue weighted by Gasteiger charge is -2.09. The SMILES string of the molecule is CCCC[NH2+]CCCCCCOc1c(Cl)cccc1Cl. The summed E-state index contributed by atoms with van der Waals surface area (Å²) in [4.78, 5) is 0. The summed E-state index contributed by atoms with van der Waals surface area (Å²) in [6.07, 6.45) is 7.42. The molecule has 0 unspecified atom stereocenters. The van der Waals surface area contributed by atoms with Crippen LogP contribution >= 0.6 is 23.2 Å². The summed E-state index contributed by atoms with van der Waals surface area (Å²) in [6.45, 7) is 5.43. The molecule has 0 aliphatic carbocycles. The van der Waals surface area contributed by atoms with Crippen molar-refractivity contribution < 1.29 is 10.1 Å². The fraction of sp³-hybridized carbons (Fsp3) is 0.625. The van der Waals surface area contributed by atoms with Gasteiger partial charge in [0.15, 0.2) is 5.75 Å². The number of halogens is 2. The molecule has 0 saturated carbocycles. The Morgan fingerprint density at radius 1 is 0.950 bits per heavy atom. The Bertz CT molecular complexity index is 351. The minimum Gasteiger partial charge on any atom is -0.490 e. The Hall–Kier alpha value is -0.440. The predicted molar refractivity (Wildman–Crippen MR) is 87.0 cm³/mol. The summed E-state index contributed by atoms with van der Waals surface area (Å²) in [5.41, 5.74) is 0. The molecule has 1 rings (SSSR count). The number of para-hydroxylation sites is 1. The summed E-state index contributed by atoms with van der Waals surface area (Å²) < 4.78 is 5.66. The lowest BCUT2D eigenvalue weighted by Crippen LogP contribution is -2.84. The first kappa shape index (κ1) is 17.6. The average Bonchev–Trinajstić information content (AvgIpc) is 2.43. The van der Waals surface area contributed by atoms with E-state index in [1.807, 2.05) is 6.07 Å². The first-order chi connectivity index (χ1) is 9.75. The van der Waals surface area contributed by atoms with Crippen molar-refractivity contribution >= 4 is 23.2 Å². The van der Waals surface area contributed by atoms with Crippen LogP contribution < -0.4 is 10.1 Å². The van der Waals surface area contributed by atoms with Gasteiger partial charge in [-0.3, -0.25) is 0 Å². The zero-order valence-corrected chi connectivity index (χ0v) is 13.8. The molecule has 0 heterocycles. The van der Waals surface area contributed by atoms with E-state index in [9.17, 15) is 0 Å². The predicted octanol–water partition coefficient (Wildman–Crippen LogP) is 4.30. The third kappa shape index (κ3) is 7.37. The molecule has 0 spiro atoms. The van der Waals surface area contributed by atoms with Crippen LogP contribution in [0.5, 0.6) is 5.75 Å².